The van der Waals surface area contributed by atoms with Crippen LogP contribution in [0, 0.1) is 6.92 Å². The molecule has 2 rings (SSSR count). The number of benzene rings is 1. The number of halogens is 1. The summed E-state index contributed by atoms with van der Waals surface area (Å²) in [5.74, 6) is -0.0733. The fourth-order valence-electron chi connectivity index (χ4n) is 2.01. The van der Waals surface area contributed by atoms with Gasteiger partial charge in [-0.05, 0) is 44.0 Å². The minimum absolute atomic E-state index is 0.0733. The molecular formula is C15H18ClN3O. The molecule has 2 aromatic rings. The summed E-state index contributed by atoms with van der Waals surface area (Å²) in [5, 5.41) is 7.51. The Kier molecular flexibility index (Phi) is 4.45. The largest absolute Gasteiger partial charge is 0.337 e. The number of aryl methyl sites for hydroxylation is 1. The van der Waals surface area contributed by atoms with Gasteiger partial charge in [0.1, 0.15) is 5.69 Å². The van der Waals surface area contributed by atoms with E-state index in [1.807, 2.05) is 38.1 Å². The van der Waals surface area contributed by atoms with Crippen LogP contribution in [0.4, 0.5) is 0 Å². The summed E-state index contributed by atoms with van der Waals surface area (Å²) in [7, 11) is 1.80. The summed E-state index contributed by atoms with van der Waals surface area (Å²) < 4.78 is 0. The summed E-state index contributed by atoms with van der Waals surface area (Å²) in [6.45, 7) is 3.90. The summed E-state index contributed by atoms with van der Waals surface area (Å²) in [4.78, 5) is 14.0. The van der Waals surface area contributed by atoms with E-state index in [0.29, 0.717) is 5.69 Å². The highest BCUT2D eigenvalue weighted by molar-refractivity contribution is 6.30. The maximum absolute atomic E-state index is 12.3. The zero-order chi connectivity index (χ0) is 14.7. The Balaban J connectivity index is 2.03. The second-order valence-corrected chi connectivity index (χ2v) is 5.47. The van der Waals surface area contributed by atoms with E-state index in [9.17, 15) is 4.79 Å². The Morgan fingerprint density at radius 2 is 2.05 bits per heavy atom. The number of rotatable bonds is 4. The molecule has 0 saturated heterocycles. The lowest BCUT2D eigenvalue weighted by Gasteiger charge is -2.24. The number of H-pyrrole nitrogens is 1. The van der Waals surface area contributed by atoms with Gasteiger partial charge in [-0.2, -0.15) is 5.10 Å². The monoisotopic (exact) mass is 291 g/mol. The molecule has 1 heterocycles. The van der Waals surface area contributed by atoms with Crippen molar-refractivity contribution < 1.29 is 4.79 Å². The molecule has 0 spiro atoms. The maximum atomic E-state index is 12.3. The Morgan fingerprint density at radius 3 is 2.60 bits per heavy atom. The van der Waals surface area contributed by atoms with Crippen molar-refractivity contribution in [2.45, 2.75) is 26.3 Å². The average molecular weight is 292 g/mol. The number of amides is 1. The van der Waals surface area contributed by atoms with Gasteiger partial charge in [-0.25, -0.2) is 0 Å². The molecule has 106 valence electrons. The number of carbonyl (C=O) groups is 1. The van der Waals surface area contributed by atoms with Gasteiger partial charge < -0.3 is 4.90 Å². The molecule has 0 aliphatic heterocycles. The summed E-state index contributed by atoms with van der Waals surface area (Å²) >= 11 is 5.87. The van der Waals surface area contributed by atoms with E-state index in [2.05, 4.69) is 10.2 Å². The van der Waals surface area contributed by atoms with Crippen LogP contribution in [0.25, 0.3) is 0 Å². The Labute approximate surface area is 123 Å². The van der Waals surface area contributed by atoms with Gasteiger partial charge in [0, 0.05) is 23.8 Å². The van der Waals surface area contributed by atoms with Crippen LogP contribution in [0.2, 0.25) is 5.02 Å². The highest BCUT2D eigenvalue weighted by Gasteiger charge is 2.19. The van der Waals surface area contributed by atoms with Crippen molar-refractivity contribution in [3.8, 4) is 0 Å². The van der Waals surface area contributed by atoms with Crippen molar-refractivity contribution >= 4 is 17.5 Å². The average Bonchev–Trinajstić information content (AvgIpc) is 2.86. The van der Waals surface area contributed by atoms with Crippen molar-refractivity contribution in [3.05, 3.63) is 52.3 Å². The Hall–Kier alpha value is -1.81. The summed E-state index contributed by atoms with van der Waals surface area (Å²) in [5.41, 5.74) is 2.49. The van der Waals surface area contributed by atoms with Crippen LogP contribution >= 0.6 is 11.6 Å². The highest BCUT2D eigenvalue weighted by atomic mass is 35.5. The molecule has 0 unspecified atom stereocenters. The zero-order valence-corrected chi connectivity index (χ0v) is 12.6. The predicted molar refractivity (Wildman–Crippen MR) is 80.0 cm³/mol. The molecule has 1 N–H and O–H groups in total. The molecule has 20 heavy (non-hydrogen) atoms. The number of nitrogens with one attached hydrogen (secondary N) is 1. The van der Waals surface area contributed by atoms with Gasteiger partial charge in [-0.1, -0.05) is 23.7 Å². The lowest BCUT2D eigenvalue weighted by atomic mass is 10.1. The quantitative estimate of drug-likeness (QED) is 0.941. The molecule has 0 bridgehead atoms. The summed E-state index contributed by atoms with van der Waals surface area (Å²) in [6, 6.07) is 9.53. The Bertz CT molecular complexity index is 591. The third-order valence-corrected chi connectivity index (χ3v) is 3.60. The number of hydrogen-bond acceptors (Lipinski definition) is 2. The molecule has 1 atom stereocenters. The molecule has 1 aromatic heterocycles. The van der Waals surface area contributed by atoms with Crippen LogP contribution in [0.3, 0.4) is 0 Å². The fourth-order valence-corrected chi connectivity index (χ4v) is 2.13. The normalized spacial score (nSPS) is 12.2. The first-order valence-corrected chi connectivity index (χ1v) is 6.89. The third-order valence-electron chi connectivity index (χ3n) is 3.35. The second-order valence-electron chi connectivity index (χ2n) is 5.03. The molecule has 1 aromatic carbocycles. The van der Waals surface area contributed by atoms with Crippen LogP contribution in [-0.4, -0.2) is 34.1 Å². The van der Waals surface area contributed by atoms with Gasteiger partial charge in [-0.15, -0.1) is 0 Å². The molecule has 1 amide bonds. The van der Waals surface area contributed by atoms with E-state index in [1.54, 1.807) is 18.0 Å². The molecule has 0 saturated carbocycles. The van der Waals surface area contributed by atoms with Crippen molar-refractivity contribution in [3.63, 3.8) is 0 Å². The molecule has 0 aliphatic carbocycles. The highest BCUT2D eigenvalue weighted by Crippen LogP contribution is 2.14. The van der Waals surface area contributed by atoms with Gasteiger partial charge >= 0.3 is 0 Å². The van der Waals surface area contributed by atoms with Gasteiger partial charge in [0.2, 0.25) is 0 Å². The number of carbonyl (C=O) groups excluding carboxylic acids is 1. The molecule has 0 fully saturated rings. The number of hydrogen-bond donors (Lipinski definition) is 1. The van der Waals surface area contributed by atoms with Crippen LogP contribution in [0.1, 0.15) is 28.7 Å². The van der Waals surface area contributed by atoms with E-state index in [1.165, 1.54) is 0 Å². The van der Waals surface area contributed by atoms with E-state index < -0.39 is 0 Å². The first-order chi connectivity index (χ1) is 9.47. The van der Waals surface area contributed by atoms with E-state index in [-0.39, 0.29) is 11.9 Å². The molecule has 5 heteroatoms. The van der Waals surface area contributed by atoms with Gasteiger partial charge in [0.05, 0.1) is 0 Å². The van der Waals surface area contributed by atoms with Gasteiger partial charge in [0.25, 0.3) is 5.91 Å². The van der Waals surface area contributed by atoms with E-state index in [0.717, 1.165) is 22.7 Å². The number of aromatic amines is 1. The van der Waals surface area contributed by atoms with Crippen LogP contribution < -0.4 is 0 Å². The lowest BCUT2D eigenvalue weighted by Crippen LogP contribution is -2.36. The standard InChI is InChI=1S/C15H18ClN3O/c1-10-8-14(18-17-10)15(20)19(3)11(2)9-12-4-6-13(16)7-5-12/h4-8,11H,9H2,1-3H3,(H,17,18)/t11-/m1/s1. The Morgan fingerprint density at radius 1 is 1.40 bits per heavy atom. The van der Waals surface area contributed by atoms with Gasteiger partial charge in [0.15, 0.2) is 0 Å². The SMILES string of the molecule is Cc1cc(C(=O)N(C)[C@H](C)Cc2ccc(Cl)cc2)n[nH]1. The summed E-state index contributed by atoms with van der Waals surface area (Å²) in [6.07, 6.45) is 0.781. The van der Waals surface area contributed by atoms with Crippen LogP contribution in [-0.2, 0) is 6.42 Å². The number of likely N-dealkylation sites (N-methyl/N-ethyl adjacent to an activating group) is 1. The third kappa shape index (κ3) is 3.39. The minimum atomic E-state index is -0.0733. The molecule has 4 nitrogen and oxygen atoms in total. The smallest absolute Gasteiger partial charge is 0.274 e. The minimum Gasteiger partial charge on any atom is -0.337 e. The first kappa shape index (κ1) is 14.6. The van der Waals surface area contributed by atoms with Crippen molar-refractivity contribution in [1.29, 1.82) is 0 Å². The number of aromatic nitrogens is 2. The second kappa shape index (κ2) is 6.09. The molecule has 0 aliphatic rings. The van der Waals surface area contributed by atoms with Crippen molar-refractivity contribution in [2.24, 2.45) is 0 Å². The van der Waals surface area contributed by atoms with E-state index in [4.69, 9.17) is 11.6 Å². The first-order valence-electron chi connectivity index (χ1n) is 6.51. The topological polar surface area (TPSA) is 49.0 Å². The van der Waals surface area contributed by atoms with Gasteiger partial charge in [-0.3, -0.25) is 9.89 Å². The molecule has 0 radical (unpaired) electrons. The lowest BCUT2D eigenvalue weighted by molar-refractivity contribution is 0.0737. The predicted octanol–water partition coefficient (Wildman–Crippen LogP) is 3.07. The van der Waals surface area contributed by atoms with Crippen LogP contribution in [0.15, 0.2) is 30.3 Å². The van der Waals surface area contributed by atoms with E-state index >= 15 is 0 Å². The maximum Gasteiger partial charge on any atom is 0.274 e. The van der Waals surface area contributed by atoms with Crippen molar-refractivity contribution in [1.82, 2.24) is 15.1 Å². The number of nitrogens with zero attached hydrogens (tertiary/aromatic N) is 2. The zero-order valence-electron chi connectivity index (χ0n) is 11.9. The van der Waals surface area contributed by atoms with Crippen molar-refractivity contribution in [2.75, 3.05) is 7.05 Å². The fraction of sp³-hybridized carbons (Fsp3) is 0.333. The molecular weight excluding hydrogens is 274 g/mol. The van der Waals surface area contributed by atoms with Crippen LogP contribution in [0.5, 0.6) is 0 Å².